The van der Waals surface area contributed by atoms with Crippen LogP contribution in [0.2, 0.25) is 0 Å². The van der Waals surface area contributed by atoms with Crippen LogP contribution in [-0.4, -0.2) is 23.9 Å². The minimum atomic E-state index is 0.0870. The summed E-state index contributed by atoms with van der Waals surface area (Å²) in [4.78, 5) is 14.2. The second-order valence-corrected chi connectivity index (χ2v) is 11.7. The third kappa shape index (κ3) is 6.69. The van der Waals surface area contributed by atoms with E-state index in [0.717, 1.165) is 37.5 Å². The van der Waals surface area contributed by atoms with Crippen molar-refractivity contribution in [1.29, 1.82) is 0 Å². The average Bonchev–Trinajstić information content (AvgIpc) is 2.93. The van der Waals surface area contributed by atoms with Crippen LogP contribution in [0.3, 0.4) is 0 Å². The number of carbonyl (C=O) groups excluding carboxylic acids is 1. The second-order valence-electron chi connectivity index (χ2n) is 11.7. The van der Waals surface area contributed by atoms with Gasteiger partial charge in [0, 0.05) is 18.7 Å². The molecule has 0 aromatic heterocycles. The van der Waals surface area contributed by atoms with E-state index < -0.39 is 0 Å². The molecule has 1 amide bonds. The number of amides is 1. The van der Waals surface area contributed by atoms with Gasteiger partial charge in [-0.3, -0.25) is 4.79 Å². The van der Waals surface area contributed by atoms with Gasteiger partial charge in [-0.2, -0.15) is 0 Å². The summed E-state index contributed by atoms with van der Waals surface area (Å²) < 4.78 is 0. The lowest BCUT2D eigenvalue weighted by Gasteiger charge is -2.35. The Labute approximate surface area is 220 Å². The smallest absolute Gasteiger partial charge is 0.248 e. The Hall–Kier alpha value is -2.35. The summed E-state index contributed by atoms with van der Waals surface area (Å²) >= 11 is 0. The van der Waals surface area contributed by atoms with E-state index in [-0.39, 0.29) is 5.91 Å². The molecule has 2 aliphatic carbocycles. The second kappa shape index (κ2) is 12.7. The molecule has 2 aliphatic rings. The Balaban J connectivity index is 1.28. The molecular weight excluding hydrogens is 438 g/mol. The number of nitrogens with zero attached hydrogens (tertiary/aromatic N) is 1. The molecule has 0 heterocycles. The van der Waals surface area contributed by atoms with Gasteiger partial charge in [0.1, 0.15) is 0 Å². The molecule has 2 fully saturated rings. The lowest BCUT2D eigenvalue weighted by Crippen LogP contribution is -2.39. The van der Waals surface area contributed by atoms with Crippen molar-refractivity contribution in [2.75, 3.05) is 7.05 Å². The van der Waals surface area contributed by atoms with Gasteiger partial charge in [-0.15, -0.1) is 0 Å². The topological polar surface area (TPSA) is 20.3 Å². The molecule has 2 aromatic carbocycles. The van der Waals surface area contributed by atoms with Crippen LogP contribution in [0.5, 0.6) is 0 Å². The van der Waals surface area contributed by atoms with Crippen molar-refractivity contribution in [1.82, 2.24) is 4.90 Å². The van der Waals surface area contributed by atoms with Crippen LogP contribution in [-0.2, 0) is 4.79 Å². The molecule has 0 saturated heterocycles. The first-order chi connectivity index (χ1) is 17.5. The third-order valence-electron chi connectivity index (χ3n) is 9.09. The van der Waals surface area contributed by atoms with Crippen molar-refractivity contribution in [3.05, 3.63) is 71.8 Å². The predicted octanol–water partition coefficient (Wildman–Crippen LogP) is 9.27. The maximum Gasteiger partial charge on any atom is 0.248 e. The molecule has 0 unspecified atom stereocenters. The largest absolute Gasteiger partial charge is 0.339 e. The normalized spacial score (nSPS) is 24.3. The Morgan fingerprint density at radius 3 is 1.69 bits per heavy atom. The highest BCUT2D eigenvalue weighted by molar-refractivity contribution is 5.92. The molecule has 0 aliphatic heterocycles. The summed E-state index contributed by atoms with van der Waals surface area (Å²) in [6, 6.07) is 19.0. The van der Waals surface area contributed by atoms with Gasteiger partial charge in [0.25, 0.3) is 0 Å². The van der Waals surface area contributed by atoms with Gasteiger partial charge in [0.15, 0.2) is 0 Å². The molecule has 2 saturated carbocycles. The van der Waals surface area contributed by atoms with E-state index in [0.29, 0.717) is 17.5 Å². The molecule has 0 atom stereocenters. The molecule has 2 nitrogen and oxygen atoms in total. The maximum absolute atomic E-state index is 12.3. The third-order valence-corrected chi connectivity index (χ3v) is 9.09. The average molecular weight is 486 g/mol. The molecule has 2 heteroatoms. The van der Waals surface area contributed by atoms with Crippen molar-refractivity contribution >= 4 is 5.91 Å². The monoisotopic (exact) mass is 485 g/mol. The fourth-order valence-electron chi connectivity index (χ4n) is 6.63. The van der Waals surface area contributed by atoms with Crippen LogP contribution in [0.15, 0.2) is 60.7 Å². The van der Waals surface area contributed by atoms with Gasteiger partial charge >= 0.3 is 0 Å². The highest BCUT2D eigenvalue weighted by Gasteiger charge is 2.27. The Bertz CT molecular complexity index is 973. The number of rotatable bonds is 9. The summed E-state index contributed by atoms with van der Waals surface area (Å²) in [6.07, 6.45) is 15.6. The molecule has 0 bridgehead atoms. The Morgan fingerprint density at radius 1 is 0.778 bits per heavy atom. The van der Waals surface area contributed by atoms with Crippen LogP contribution in [0.1, 0.15) is 114 Å². The van der Waals surface area contributed by atoms with Crippen molar-refractivity contribution in [3.63, 3.8) is 0 Å². The quantitative estimate of drug-likeness (QED) is 0.256. The number of unbranched alkanes of at least 4 members (excludes halogenated alkanes) is 2. The zero-order chi connectivity index (χ0) is 25.5. The van der Waals surface area contributed by atoms with Crippen LogP contribution in [0.25, 0.3) is 11.1 Å². The van der Waals surface area contributed by atoms with E-state index in [1.54, 1.807) is 6.92 Å². The highest BCUT2D eigenvalue weighted by atomic mass is 16.2. The van der Waals surface area contributed by atoms with Crippen molar-refractivity contribution in [2.24, 2.45) is 5.92 Å². The lowest BCUT2D eigenvalue weighted by molar-refractivity contribution is -0.128. The van der Waals surface area contributed by atoms with E-state index in [9.17, 15) is 4.79 Å². The van der Waals surface area contributed by atoms with Crippen LogP contribution in [0, 0.1) is 5.92 Å². The number of likely N-dealkylation sites (N-methyl/N-ethyl adjacent to an activating group) is 1. The molecule has 0 radical (unpaired) electrons. The summed E-state index contributed by atoms with van der Waals surface area (Å²) in [5.74, 6) is 2.41. The number of hydrogen-bond acceptors (Lipinski definition) is 1. The summed E-state index contributed by atoms with van der Waals surface area (Å²) in [5, 5.41) is 0. The summed E-state index contributed by atoms with van der Waals surface area (Å²) in [6.45, 7) is 7.93. The molecule has 4 rings (SSSR count). The van der Waals surface area contributed by atoms with E-state index in [1.165, 1.54) is 73.6 Å². The van der Waals surface area contributed by atoms with Gasteiger partial charge < -0.3 is 4.90 Å². The molecule has 36 heavy (non-hydrogen) atoms. The maximum atomic E-state index is 12.3. The lowest BCUT2D eigenvalue weighted by atomic mass is 9.77. The summed E-state index contributed by atoms with van der Waals surface area (Å²) in [7, 11) is 1.93. The van der Waals surface area contributed by atoms with E-state index in [4.69, 9.17) is 0 Å². The van der Waals surface area contributed by atoms with Crippen molar-refractivity contribution in [2.45, 2.75) is 109 Å². The number of benzene rings is 2. The van der Waals surface area contributed by atoms with Gasteiger partial charge in [-0.1, -0.05) is 87.7 Å². The SMILES string of the molecule is C=C(C)C(=O)N(C)C1CCC(c2ccc(-c3ccc(C4CCC(CCCCC)CC4)cc3)cc2)CC1. The predicted molar refractivity (Wildman–Crippen MR) is 153 cm³/mol. The zero-order valence-corrected chi connectivity index (χ0v) is 23.0. The standard InChI is InChI=1S/C34H47NO/c1-5-6-7-8-26-9-11-27(12-10-26)28-13-15-29(16-14-28)30-17-19-31(20-18-30)32-21-23-33(24-22-32)35(4)34(36)25(2)3/h13-20,26-27,32-33H,2,5-12,21-24H2,1,3-4H3. The molecule has 194 valence electrons. The fraction of sp³-hybridized carbons (Fsp3) is 0.559. The van der Waals surface area contributed by atoms with E-state index in [2.05, 4.69) is 62.0 Å². The molecule has 0 N–H and O–H groups in total. The van der Waals surface area contributed by atoms with Crippen LogP contribution >= 0.6 is 0 Å². The first-order valence-corrected chi connectivity index (χ1v) is 14.6. The minimum Gasteiger partial charge on any atom is -0.339 e. The number of carbonyl (C=O) groups is 1. The molecule has 0 spiro atoms. The van der Waals surface area contributed by atoms with Crippen molar-refractivity contribution < 1.29 is 4.79 Å². The molecule has 2 aromatic rings. The van der Waals surface area contributed by atoms with Gasteiger partial charge in [-0.05, 0) is 98.3 Å². The first-order valence-electron chi connectivity index (χ1n) is 14.6. The van der Waals surface area contributed by atoms with Gasteiger partial charge in [-0.25, -0.2) is 0 Å². The van der Waals surface area contributed by atoms with Crippen molar-refractivity contribution in [3.8, 4) is 11.1 Å². The first kappa shape index (κ1) is 26.7. The van der Waals surface area contributed by atoms with Crippen LogP contribution < -0.4 is 0 Å². The number of hydrogen-bond donors (Lipinski definition) is 0. The summed E-state index contributed by atoms with van der Waals surface area (Å²) in [5.41, 5.74) is 6.24. The zero-order valence-electron chi connectivity index (χ0n) is 23.0. The van der Waals surface area contributed by atoms with E-state index >= 15 is 0 Å². The fourth-order valence-corrected chi connectivity index (χ4v) is 6.63. The molecular formula is C34H47NO. The van der Waals surface area contributed by atoms with Gasteiger partial charge in [0.05, 0.1) is 0 Å². The Kier molecular flexibility index (Phi) is 9.46. The van der Waals surface area contributed by atoms with Gasteiger partial charge in [0.2, 0.25) is 5.91 Å². The minimum absolute atomic E-state index is 0.0870. The Morgan fingerprint density at radius 2 is 1.25 bits per heavy atom. The van der Waals surface area contributed by atoms with Crippen LogP contribution in [0.4, 0.5) is 0 Å². The van der Waals surface area contributed by atoms with E-state index in [1.807, 2.05) is 11.9 Å². The highest BCUT2D eigenvalue weighted by Crippen LogP contribution is 2.39.